The number of rotatable bonds is 8. The standard InChI is InChI=1S/C14H26N2O4/c1-11(2)9-20-8-7-15-13(19)16-10-14(12(17)18)5-3-4-6-14/h11H,3-10H2,1-2H3,(H,17,18)(H2,15,16,19). The summed E-state index contributed by atoms with van der Waals surface area (Å²) >= 11 is 0. The van der Waals surface area contributed by atoms with E-state index in [1.165, 1.54) is 0 Å². The van der Waals surface area contributed by atoms with Crippen LogP contribution in [0, 0.1) is 11.3 Å². The summed E-state index contributed by atoms with van der Waals surface area (Å²) in [4.78, 5) is 22.9. The predicted octanol–water partition coefficient (Wildman–Crippen LogP) is 1.60. The lowest BCUT2D eigenvalue weighted by Crippen LogP contribution is -2.45. The van der Waals surface area contributed by atoms with Gasteiger partial charge in [0.2, 0.25) is 0 Å². The Hall–Kier alpha value is -1.30. The van der Waals surface area contributed by atoms with Crippen LogP contribution in [0.4, 0.5) is 4.79 Å². The summed E-state index contributed by atoms with van der Waals surface area (Å²) in [5.41, 5.74) is -0.772. The van der Waals surface area contributed by atoms with Gasteiger partial charge in [0.15, 0.2) is 0 Å². The minimum atomic E-state index is -0.810. The maximum Gasteiger partial charge on any atom is 0.314 e. The highest BCUT2D eigenvalue weighted by Gasteiger charge is 2.41. The van der Waals surface area contributed by atoms with E-state index >= 15 is 0 Å². The van der Waals surface area contributed by atoms with E-state index in [9.17, 15) is 14.7 Å². The van der Waals surface area contributed by atoms with Crippen molar-refractivity contribution in [3.05, 3.63) is 0 Å². The topological polar surface area (TPSA) is 87.7 Å². The average molecular weight is 286 g/mol. The molecule has 0 heterocycles. The Morgan fingerprint density at radius 1 is 1.25 bits per heavy atom. The zero-order valence-electron chi connectivity index (χ0n) is 12.4. The Labute approximate surface area is 120 Å². The largest absolute Gasteiger partial charge is 0.481 e. The Morgan fingerprint density at radius 3 is 2.45 bits per heavy atom. The van der Waals surface area contributed by atoms with Crippen LogP contribution in [0.15, 0.2) is 0 Å². The van der Waals surface area contributed by atoms with Gasteiger partial charge in [0.05, 0.1) is 12.0 Å². The molecule has 0 aliphatic heterocycles. The summed E-state index contributed by atoms with van der Waals surface area (Å²) in [6.45, 7) is 5.89. The fourth-order valence-electron chi connectivity index (χ4n) is 2.39. The highest BCUT2D eigenvalue weighted by atomic mass is 16.5. The van der Waals surface area contributed by atoms with Crippen molar-refractivity contribution in [2.45, 2.75) is 39.5 Å². The first-order chi connectivity index (χ1) is 9.46. The van der Waals surface area contributed by atoms with E-state index in [0.717, 1.165) is 12.8 Å². The summed E-state index contributed by atoms with van der Waals surface area (Å²) in [5, 5.41) is 14.6. The van der Waals surface area contributed by atoms with Crippen LogP contribution in [0.25, 0.3) is 0 Å². The molecule has 1 fully saturated rings. The fraction of sp³-hybridized carbons (Fsp3) is 0.857. The summed E-state index contributed by atoms with van der Waals surface area (Å²) in [7, 11) is 0. The summed E-state index contributed by atoms with van der Waals surface area (Å²) in [6.07, 6.45) is 3.11. The molecule has 0 bridgehead atoms. The van der Waals surface area contributed by atoms with Crippen molar-refractivity contribution in [2.75, 3.05) is 26.3 Å². The molecule has 0 aromatic heterocycles. The minimum Gasteiger partial charge on any atom is -0.481 e. The van der Waals surface area contributed by atoms with Crippen LogP contribution in [0.1, 0.15) is 39.5 Å². The molecule has 6 heteroatoms. The van der Waals surface area contributed by atoms with Crippen LogP contribution < -0.4 is 10.6 Å². The molecule has 1 aliphatic rings. The number of nitrogens with one attached hydrogen (secondary N) is 2. The van der Waals surface area contributed by atoms with Crippen LogP contribution in [0.3, 0.4) is 0 Å². The van der Waals surface area contributed by atoms with Gasteiger partial charge in [-0.25, -0.2) is 4.79 Å². The Morgan fingerprint density at radius 2 is 1.90 bits per heavy atom. The van der Waals surface area contributed by atoms with Crippen molar-refractivity contribution in [1.82, 2.24) is 10.6 Å². The second-order valence-corrected chi connectivity index (χ2v) is 5.87. The van der Waals surface area contributed by atoms with Crippen molar-refractivity contribution in [3.8, 4) is 0 Å². The molecule has 1 aliphatic carbocycles. The van der Waals surface area contributed by atoms with E-state index in [1.807, 2.05) is 0 Å². The van der Waals surface area contributed by atoms with Crippen molar-refractivity contribution < 1.29 is 19.4 Å². The van der Waals surface area contributed by atoms with Crippen molar-refractivity contribution in [1.29, 1.82) is 0 Å². The molecule has 1 rings (SSSR count). The maximum atomic E-state index is 11.6. The average Bonchev–Trinajstić information content (AvgIpc) is 2.85. The van der Waals surface area contributed by atoms with Crippen molar-refractivity contribution in [3.63, 3.8) is 0 Å². The molecule has 0 spiro atoms. The van der Waals surface area contributed by atoms with Gasteiger partial charge in [-0.15, -0.1) is 0 Å². The first kappa shape index (κ1) is 16.8. The van der Waals surface area contributed by atoms with Gasteiger partial charge < -0.3 is 20.5 Å². The van der Waals surface area contributed by atoms with E-state index in [2.05, 4.69) is 24.5 Å². The summed E-state index contributed by atoms with van der Waals surface area (Å²) in [5.74, 6) is -0.336. The molecule has 20 heavy (non-hydrogen) atoms. The second-order valence-electron chi connectivity index (χ2n) is 5.87. The molecule has 0 unspecified atom stereocenters. The quantitative estimate of drug-likeness (QED) is 0.591. The van der Waals surface area contributed by atoms with Crippen molar-refractivity contribution in [2.24, 2.45) is 11.3 Å². The third-order valence-electron chi connectivity index (χ3n) is 3.58. The molecule has 2 amide bonds. The van der Waals surface area contributed by atoms with Gasteiger partial charge in [-0.2, -0.15) is 0 Å². The first-order valence-corrected chi connectivity index (χ1v) is 7.29. The lowest BCUT2D eigenvalue weighted by molar-refractivity contribution is -0.148. The number of hydrogen-bond acceptors (Lipinski definition) is 3. The van der Waals surface area contributed by atoms with E-state index in [0.29, 0.717) is 38.5 Å². The number of carboxylic acid groups (broad SMARTS) is 1. The lowest BCUT2D eigenvalue weighted by Gasteiger charge is -2.24. The third kappa shape index (κ3) is 5.36. The fourth-order valence-corrected chi connectivity index (χ4v) is 2.39. The van der Waals surface area contributed by atoms with Crippen LogP contribution in [-0.4, -0.2) is 43.4 Å². The SMILES string of the molecule is CC(C)COCCNC(=O)NCC1(C(=O)O)CCCC1. The number of carboxylic acids is 1. The Balaban J connectivity index is 2.17. The maximum absolute atomic E-state index is 11.6. The van der Waals surface area contributed by atoms with E-state index in [4.69, 9.17) is 4.74 Å². The number of aliphatic carboxylic acids is 1. The van der Waals surface area contributed by atoms with Crippen LogP contribution in [0.2, 0.25) is 0 Å². The summed E-state index contributed by atoms with van der Waals surface area (Å²) < 4.78 is 5.34. The van der Waals surface area contributed by atoms with Crippen LogP contribution in [-0.2, 0) is 9.53 Å². The molecule has 116 valence electrons. The van der Waals surface area contributed by atoms with Gasteiger partial charge in [-0.3, -0.25) is 4.79 Å². The third-order valence-corrected chi connectivity index (χ3v) is 3.58. The molecular weight excluding hydrogens is 260 g/mol. The molecule has 6 nitrogen and oxygen atoms in total. The zero-order valence-corrected chi connectivity index (χ0v) is 12.4. The zero-order chi connectivity index (χ0) is 15.0. The van der Waals surface area contributed by atoms with Crippen LogP contribution >= 0.6 is 0 Å². The molecule has 0 aromatic carbocycles. The molecule has 1 saturated carbocycles. The van der Waals surface area contributed by atoms with E-state index in [-0.39, 0.29) is 12.6 Å². The normalized spacial score (nSPS) is 17.1. The van der Waals surface area contributed by atoms with Gasteiger partial charge in [0, 0.05) is 19.7 Å². The molecule has 3 N–H and O–H groups in total. The van der Waals surface area contributed by atoms with Gasteiger partial charge in [-0.1, -0.05) is 26.7 Å². The van der Waals surface area contributed by atoms with Gasteiger partial charge in [0.1, 0.15) is 0 Å². The molecule has 0 atom stereocenters. The van der Waals surface area contributed by atoms with Gasteiger partial charge in [0.25, 0.3) is 0 Å². The number of carbonyl (C=O) groups is 2. The van der Waals surface area contributed by atoms with Gasteiger partial charge >= 0.3 is 12.0 Å². The number of urea groups is 1. The van der Waals surface area contributed by atoms with Crippen molar-refractivity contribution >= 4 is 12.0 Å². The Bertz CT molecular complexity index is 325. The van der Waals surface area contributed by atoms with E-state index < -0.39 is 11.4 Å². The highest BCUT2D eigenvalue weighted by molar-refractivity contribution is 5.78. The predicted molar refractivity (Wildman–Crippen MR) is 75.6 cm³/mol. The minimum absolute atomic E-state index is 0.195. The Kier molecular flexibility index (Phi) is 6.78. The van der Waals surface area contributed by atoms with E-state index in [1.54, 1.807) is 0 Å². The molecule has 0 radical (unpaired) electrons. The number of amides is 2. The number of carbonyl (C=O) groups excluding carboxylic acids is 1. The highest BCUT2D eigenvalue weighted by Crippen LogP contribution is 2.37. The molecule has 0 aromatic rings. The molecular formula is C14H26N2O4. The monoisotopic (exact) mass is 286 g/mol. The summed E-state index contributed by atoms with van der Waals surface area (Å²) in [6, 6.07) is -0.328. The smallest absolute Gasteiger partial charge is 0.314 e. The first-order valence-electron chi connectivity index (χ1n) is 7.29. The molecule has 0 saturated heterocycles. The van der Waals surface area contributed by atoms with Crippen LogP contribution in [0.5, 0.6) is 0 Å². The number of ether oxygens (including phenoxy) is 1. The second kappa shape index (κ2) is 8.09. The van der Waals surface area contributed by atoms with Gasteiger partial charge in [-0.05, 0) is 18.8 Å². The lowest BCUT2D eigenvalue weighted by atomic mass is 9.86. The number of hydrogen-bond donors (Lipinski definition) is 3.